The van der Waals surface area contributed by atoms with Crippen molar-refractivity contribution in [1.82, 2.24) is 14.9 Å². The molecule has 6 nitrogen and oxygen atoms in total. The van der Waals surface area contributed by atoms with Crippen molar-refractivity contribution in [2.45, 2.75) is 13.8 Å². The first-order valence-electron chi connectivity index (χ1n) is 8.25. The molecule has 126 valence electrons. The van der Waals surface area contributed by atoms with Gasteiger partial charge in [-0.3, -0.25) is 9.78 Å². The molecule has 3 rings (SSSR count). The van der Waals surface area contributed by atoms with Crippen LogP contribution in [0.25, 0.3) is 0 Å². The maximum absolute atomic E-state index is 12.4. The van der Waals surface area contributed by atoms with E-state index in [-0.39, 0.29) is 12.5 Å². The highest BCUT2D eigenvalue weighted by Crippen LogP contribution is 2.15. The molecule has 1 aromatic carbocycles. The first-order valence-corrected chi connectivity index (χ1v) is 8.25. The fraction of sp³-hybridized carbons (Fsp3) is 0.389. The lowest BCUT2D eigenvalue weighted by atomic mass is 10.2. The minimum atomic E-state index is 0.102. The van der Waals surface area contributed by atoms with Gasteiger partial charge in [-0.05, 0) is 26.0 Å². The SMILES string of the molecule is Cc1cnc(C)c(NCC(=O)N2CCN(c3ccccc3)CC2)n1. The third kappa shape index (κ3) is 3.82. The number of piperazine rings is 1. The second kappa shape index (κ2) is 7.29. The maximum atomic E-state index is 12.4. The fourth-order valence-corrected chi connectivity index (χ4v) is 2.83. The van der Waals surface area contributed by atoms with Gasteiger partial charge in [0.15, 0.2) is 0 Å². The lowest BCUT2D eigenvalue weighted by Crippen LogP contribution is -2.50. The Morgan fingerprint density at radius 1 is 1.12 bits per heavy atom. The molecule has 6 heteroatoms. The third-order valence-corrected chi connectivity index (χ3v) is 4.24. The van der Waals surface area contributed by atoms with Crippen molar-refractivity contribution in [2.24, 2.45) is 0 Å². The number of benzene rings is 1. The van der Waals surface area contributed by atoms with Gasteiger partial charge in [-0.2, -0.15) is 0 Å². The molecule has 1 aromatic heterocycles. The predicted molar refractivity (Wildman–Crippen MR) is 95.2 cm³/mol. The van der Waals surface area contributed by atoms with Crippen molar-refractivity contribution in [3.8, 4) is 0 Å². The molecule has 0 atom stereocenters. The zero-order valence-electron chi connectivity index (χ0n) is 14.2. The predicted octanol–water partition coefficient (Wildman–Crippen LogP) is 1.85. The highest BCUT2D eigenvalue weighted by Gasteiger charge is 2.21. The fourth-order valence-electron chi connectivity index (χ4n) is 2.83. The van der Waals surface area contributed by atoms with Crippen molar-refractivity contribution in [1.29, 1.82) is 0 Å². The molecule has 24 heavy (non-hydrogen) atoms. The van der Waals surface area contributed by atoms with Gasteiger partial charge in [-0.15, -0.1) is 0 Å². The number of hydrogen-bond acceptors (Lipinski definition) is 5. The zero-order valence-corrected chi connectivity index (χ0v) is 14.2. The van der Waals surface area contributed by atoms with Crippen LogP contribution in [-0.2, 0) is 4.79 Å². The number of anilines is 2. The van der Waals surface area contributed by atoms with E-state index >= 15 is 0 Å². The molecule has 0 unspecified atom stereocenters. The van der Waals surface area contributed by atoms with E-state index in [1.165, 1.54) is 5.69 Å². The van der Waals surface area contributed by atoms with E-state index < -0.39 is 0 Å². The van der Waals surface area contributed by atoms with E-state index in [0.29, 0.717) is 5.82 Å². The molecule has 1 aliphatic heterocycles. The number of para-hydroxylation sites is 1. The monoisotopic (exact) mass is 325 g/mol. The summed E-state index contributed by atoms with van der Waals surface area (Å²) in [5, 5.41) is 3.12. The summed E-state index contributed by atoms with van der Waals surface area (Å²) in [6.07, 6.45) is 1.73. The van der Waals surface area contributed by atoms with Gasteiger partial charge in [0, 0.05) is 38.1 Å². The van der Waals surface area contributed by atoms with Crippen LogP contribution < -0.4 is 10.2 Å². The summed E-state index contributed by atoms with van der Waals surface area (Å²) in [4.78, 5) is 25.3. The topological polar surface area (TPSA) is 61.4 Å². The van der Waals surface area contributed by atoms with Crippen molar-refractivity contribution in [2.75, 3.05) is 42.9 Å². The molecular formula is C18H23N5O. The summed E-state index contributed by atoms with van der Waals surface area (Å²) >= 11 is 0. The number of carbonyl (C=O) groups excluding carboxylic acids is 1. The molecular weight excluding hydrogens is 302 g/mol. The number of nitrogens with one attached hydrogen (secondary N) is 1. The molecule has 2 heterocycles. The Labute approximate surface area is 142 Å². The van der Waals surface area contributed by atoms with E-state index in [2.05, 4.69) is 32.3 Å². The Bertz CT molecular complexity index is 696. The van der Waals surface area contributed by atoms with E-state index in [1.807, 2.05) is 36.9 Å². The van der Waals surface area contributed by atoms with Crippen molar-refractivity contribution in [3.63, 3.8) is 0 Å². The number of rotatable bonds is 4. The summed E-state index contributed by atoms with van der Waals surface area (Å²) in [5.41, 5.74) is 2.86. The van der Waals surface area contributed by atoms with E-state index in [1.54, 1.807) is 6.20 Å². The van der Waals surface area contributed by atoms with Gasteiger partial charge in [-0.1, -0.05) is 18.2 Å². The second-order valence-electron chi connectivity index (χ2n) is 6.00. The standard InChI is InChI=1S/C18H23N5O/c1-14-12-19-15(2)18(21-14)20-13-17(24)23-10-8-22(9-11-23)16-6-4-3-5-7-16/h3-7,12H,8-11,13H2,1-2H3,(H,20,21). The summed E-state index contributed by atoms with van der Waals surface area (Å²) in [5.74, 6) is 0.789. The minimum absolute atomic E-state index is 0.102. The maximum Gasteiger partial charge on any atom is 0.242 e. The number of aromatic nitrogens is 2. The van der Waals surface area contributed by atoms with Gasteiger partial charge in [0.1, 0.15) is 5.82 Å². The highest BCUT2D eigenvalue weighted by atomic mass is 16.2. The number of nitrogens with zero attached hydrogens (tertiary/aromatic N) is 4. The molecule has 0 saturated carbocycles. The molecule has 1 N–H and O–H groups in total. The molecule has 1 aliphatic rings. The van der Waals surface area contributed by atoms with Crippen molar-refractivity contribution in [3.05, 3.63) is 47.9 Å². The number of amides is 1. The van der Waals surface area contributed by atoms with Gasteiger partial charge in [0.05, 0.1) is 17.9 Å². The van der Waals surface area contributed by atoms with Gasteiger partial charge < -0.3 is 15.1 Å². The van der Waals surface area contributed by atoms with Crippen molar-refractivity contribution >= 4 is 17.4 Å². The summed E-state index contributed by atoms with van der Waals surface area (Å²) in [7, 11) is 0. The van der Waals surface area contributed by atoms with Crippen LogP contribution in [0.4, 0.5) is 11.5 Å². The number of aryl methyl sites for hydroxylation is 2. The Hall–Kier alpha value is -2.63. The number of hydrogen-bond donors (Lipinski definition) is 1. The van der Waals surface area contributed by atoms with Crippen LogP contribution in [0.2, 0.25) is 0 Å². The second-order valence-corrected chi connectivity index (χ2v) is 6.00. The molecule has 0 radical (unpaired) electrons. The lowest BCUT2D eigenvalue weighted by Gasteiger charge is -2.36. The summed E-state index contributed by atoms with van der Waals surface area (Å²) in [6.45, 7) is 7.24. The largest absolute Gasteiger partial charge is 0.368 e. The number of carbonyl (C=O) groups is 1. The van der Waals surface area contributed by atoms with Crippen LogP contribution in [0.1, 0.15) is 11.4 Å². The van der Waals surface area contributed by atoms with Crippen molar-refractivity contribution < 1.29 is 4.79 Å². The highest BCUT2D eigenvalue weighted by molar-refractivity contribution is 5.81. The Kier molecular flexibility index (Phi) is 4.93. The quantitative estimate of drug-likeness (QED) is 0.930. The smallest absolute Gasteiger partial charge is 0.242 e. The van der Waals surface area contributed by atoms with Crippen LogP contribution in [0.15, 0.2) is 36.5 Å². The average Bonchev–Trinajstić information content (AvgIpc) is 2.63. The van der Waals surface area contributed by atoms with Gasteiger partial charge in [-0.25, -0.2) is 4.98 Å². The summed E-state index contributed by atoms with van der Waals surface area (Å²) in [6, 6.07) is 10.3. The first kappa shape index (κ1) is 16.2. The normalized spacial score (nSPS) is 14.6. The third-order valence-electron chi connectivity index (χ3n) is 4.24. The van der Waals surface area contributed by atoms with E-state index in [9.17, 15) is 4.79 Å². The van der Waals surface area contributed by atoms with Gasteiger partial charge >= 0.3 is 0 Å². The minimum Gasteiger partial charge on any atom is -0.368 e. The Morgan fingerprint density at radius 2 is 1.83 bits per heavy atom. The molecule has 0 aliphatic carbocycles. The van der Waals surface area contributed by atoms with E-state index in [0.717, 1.165) is 37.6 Å². The Balaban J connectivity index is 1.51. The first-order chi connectivity index (χ1) is 11.6. The van der Waals surface area contributed by atoms with Gasteiger partial charge in [0.25, 0.3) is 0 Å². The molecule has 0 spiro atoms. The zero-order chi connectivity index (χ0) is 16.9. The molecule has 1 saturated heterocycles. The lowest BCUT2D eigenvalue weighted by molar-refractivity contribution is -0.129. The molecule has 0 bridgehead atoms. The van der Waals surface area contributed by atoms with Crippen LogP contribution >= 0.6 is 0 Å². The van der Waals surface area contributed by atoms with Crippen LogP contribution in [-0.4, -0.2) is 53.5 Å². The van der Waals surface area contributed by atoms with E-state index in [4.69, 9.17) is 0 Å². The molecule has 2 aromatic rings. The van der Waals surface area contributed by atoms with Crippen LogP contribution in [0.5, 0.6) is 0 Å². The van der Waals surface area contributed by atoms with Crippen LogP contribution in [0, 0.1) is 13.8 Å². The Morgan fingerprint density at radius 3 is 2.54 bits per heavy atom. The summed E-state index contributed by atoms with van der Waals surface area (Å²) < 4.78 is 0. The molecule has 1 amide bonds. The molecule has 1 fully saturated rings. The van der Waals surface area contributed by atoms with Crippen LogP contribution in [0.3, 0.4) is 0 Å². The van der Waals surface area contributed by atoms with Gasteiger partial charge in [0.2, 0.25) is 5.91 Å². The average molecular weight is 325 g/mol.